The summed E-state index contributed by atoms with van der Waals surface area (Å²) in [6.07, 6.45) is 4.70. The van der Waals surface area contributed by atoms with Crippen molar-refractivity contribution < 1.29 is 14.0 Å². The summed E-state index contributed by atoms with van der Waals surface area (Å²) in [5, 5.41) is 0. The number of carbonyl (C=O) groups is 2. The van der Waals surface area contributed by atoms with Gasteiger partial charge in [-0.05, 0) is 31.9 Å². The number of nitrogens with zero attached hydrogens (tertiary/aromatic N) is 6. The van der Waals surface area contributed by atoms with E-state index in [4.69, 9.17) is 0 Å². The van der Waals surface area contributed by atoms with Gasteiger partial charge in [-0.2, -0.15) is 4.98 Å². The minimum absolute atomic E-state index is 0.170. The molecule has 0 N–H and O–H groups in total. The number of piperazine rings is 1. The van der Waals surface area contributed by atoms with Crippen LogP contribution in [0, 0.1) is 0 Å². The molecule has 2 aliphatic rings. The second-order valence-corrected chi connectivity index (χ2v) is 8.36. The summed E-state index contributed by atoms with van der Waals surface area (Å²) in [6, 6.07) is -0.184. The van der Waals surface area contributed by atoms with Gasteiger partial charge in [-0.3, -0.25) is 14.2 Å². The van der Waals surface area contributed by atoms with E-state index in [0.717, 1.165) is 6.08 Å². The molecule has 3 heterocycles. The maximum absolute atomic E-state index is 14.5. The molecule has 1 atom stereocenters. The Morgan fingerprint density at radius 2 is 1.88 bits per heavy atom. The van der Waals surface area contributed by atoms with Gasteiger partial charge in [0, 0.05) is 36.9 Å². The van der Waals surface area contributed by atoms with E-state index < -0.39 is 17.3 Å². The molecule has 1 saturated heterocycles. The first-order chi connectivity index (χ1) is 16.3. The number of aryl methyl sites for hydroxylation is 2. The number of fused-ring (bicyclic) bond motifs is 1. The van der Waals surface area contributed by atoms with Crippen molar-refractivity contribution >= 4 is 23.6 Å². The summed E-state index contributed by atoms with van der Waals surface area (Å²) >= 11 is 0. The van der Waals surface area contributed by atoms with Crippen molar-refractivity contribution in [1.29, 1.82) is 0 Å². The number of ketones is 1. The number of anilines is 1. The number of allylic oxidation sites excluding steroid dienone is 1. The van der Waals surface area contributed by atoms with Gasteiger partial charge in [0.15, 0.2) is 11.6 Å². The summed E-state index contributed by atoms with van der Waals surface area (Å²) in [4.78, 5) is 54.5. The Hall–Kier alpha value is -3.69. The molecular weight excluding hydrogens is 439 g/mol. The molecule has 0 unspecified atom stereocenters. The Morgan fingerprint density at radius 3 is 2.47 bits per heavy atom. The topological polar surface area (TPSA) is 101 Å². The van der Waals surface area contributed by atoms with Gasteiger partial charge in [-0.15, -0.1) is 0 Å². The Bertz CT molecular complexity index is 1250. The van der Waals surface area contributed by atoms with Crippen LogP contribution in [0.2, 0.25) is 0 Å². The molecule has 2 aromatic heterocycles. The maximum atomic E-state index is 14.5. The van der Waals surface area contributed by atoms with E-state index in [9.17, 15) is 18.8 Å². The van der Waals surface area contributed by atoms with Crippen LogP contribution in [-0.2, 0) is 28.9 Å². The van der Waals surface area contributed by atoms with Crippen LogP contribution in [0.4, 0.5) is 10.2 Å². The van der Waals surface area contributed by atoms with E-state index in [1.54, 1.807) is 4.90 Å². The molecule has 10 heteroatoms. The SMILES string of the molecule is C=CC(=O)N1CCN(c2nc(=O)n(-c3c(CC)ncnc3CC)c3c2C=C(F)C(=O)C3)[C@@H](C)C1. The highest BCUT2D eigenvalue weighted by molar-refractivity contribution is 6.02. The Labute approximate surface area is 196 Å². The molecule has 0 radical (unpaired) electrons. The molecule has 1 aliphatic carbocycles. The van der Waals surface area contributed by atoms with Gasteiger partial charge in [0.05, 0.1) is 23.5 Å². The molecule has 0 bridgehead atoms. The summed E-state index contributed by atoms with van der Waals surface area (Å²) in [5.41, 5.74) is 1.99. The minimum atomic E-state index is -0.871. The molecule has 1 fully saturated rings. The second-order valence-electron chi connectivity index (χ2n) is 8.36. The monoisotopic (exact) mass is 466 g/mol. The third-order valence-corrected chi connectivity index (χ3v) is 6.33. The standard InChI is InChI=1S/C24H27FN6O3/c1-5-17-22(18(6-2)27-13-26-17)31-19-11-20(32)16(25)10-15(19)23(28-24(31)34)30-9-8-29(12-14(30)4)21(33)7-3/h7,10,13-14H,3,5-6,8-9,11-12H2,1-2,4H3/t14-/m0/s1. The summed E-state index contributed by atoms with van der Waals surface area (Å²) < 4.78 is 15.9. The molecule has 34 heavy (non-hydrogen) atoms. The lowest BCUT2D eigenvalue weighted by Gasteiger charge is -2.41. The first-order valence-corrected chi connectivity index (χ1v) is 11.4. The number of amides is 1. The molecule has 1 amide bonds. The summed E-state index contributed by atoms with van der Waals surface area (Å²) in [5.74, 6) is -1.42. The van der Waals surface area contributed by atoms with Crippen LogP contribution in [0.5, 0.6) is 0 Å². The second kappa shape index (κ2) is 9.28. The molecule has 0 aromatic carbocycles. The van der Waals surface area contributed by atoms with E-state index in [1.807, 2.05) is 25.7 Å². The molecule has 178 valence electrons. The smallest absolute Gasteiger partial charge is 0.350 e. The number of carbonyl (C=O) groups excluding carboxylic acids is 2. The Morgan fingerprint density at radius 1 is 1.21 bits per heavy atom. The first kappa shape index (κ1) is 23.5. The van der Waals surface area contributed by atoms with Crippen LogP contribution in [0.1, 0.15) is 43.4 Å². The minimum Gasteiger partial charge on any atom is -0.350 e. The van der Waals surface area contributed by atoms with E-state index in [0.29, 0.717) is 66.6 Å². The largest absolute Gasteiger partial charge is 0.354 e. The van der Waals surface area contributed by atoms with Crippen LogP contribution in [0.3, 0.4) is 0 Å². The van der Waals surface area contributed by atoms with Crippen molar-refractivity contribution in [2.75, 3.05) is 24.5 Å². The fraction of sp³-hybridized carbons (Fsp3) is 0.417. The Balaban J connectivity index is 1.92. The van der Waals surface area contributed by atoms with Crippen molar-refractivity contribution in [2.24, 2.45) is 0 Å². The lowest BCUT2D eigenvalue weighted by atomic mass is 9.99. The van der Waals surface area contributed by atoms with Gasteiger partial charge in [0.25, 0.3) is 0 Å². The van der Waals surface area contributed by atoms with Crippen LogP contribution >= 0.6 is 0 Å². The van der Waals surface area contributed by atoms with Gasteiger partial charge >= 0.3 is 5.69 Å². The fourth-order valence-electron chi connectivity index (χ4n) is 4.62. The Kier molecular flexibility index (Phi) is 6.41. The highest BCUT2D eigenvalue weighted by Crippen LogP contribution is 2.32. The lowest BCUT2D eigenvalue weighted by Crippen LogP contribution is -2.54. The quantitative estimate of drug-likeness (QED) is 0.620. The fourth-order valence-corrected chi connectivity index (χ4v) is 4.62. The number of halogens is 1. The van der Waals surface area contributed by atoms with E-state index in [2.05, 4.69) is 21.5 Å². The summed E-state index contributed by atoms with van der Waals surface area (Å²) in [7, 11) is 0. The predicted octanol–water partition coefficient (Wildman–Crippen LogP) is 1.81. The first-order valence-electron chi connectivity index (χ1n) is 11.4. The van der Waals surface area contributed by atoms with Gasteiger partial charge < -0.3 is 9.80 Å². The van der Waals surface area contributed by atoms with Gasteiger partial charge in [-0.25, -0.2) is 19.2 Å². The van der Waals surface area contributed by atoms with Crippen LogP contribution in [-0.4, -0.2) is 61.8 Å². The zero-order valence-electron chi connectivity index (χ0n) is 19.5. The van der Waals surface area contributed by atoms with Gasteiger partial charge in [0.2, 0.25) is 5.91 Å². The molecule has 0 spiro atoms. The van der Waals surface area contributed by atoms with Gasteiger partial charge in [0.1, 0.15) is 12.1 Å². The van der Waals surface area contributed by atoms with Crippen LogP contribution < -0.4 is 10.6 Å². The number of Topliss-reactive ketones (excluding diaryl/α,β-unsaturated/α-hetero) is 1. The third kappa shape index (κ3) is 3.93. The van der Waals surface area contributed by atoms with E-state index in [1.165, 1.54) is 17.0 Å². The van der Waals surface area contributed by atoms with Gasteiger partial charge in [-0.1, -0.05) is 20.4 Å². The molecule has 4 rings (SSSR count). The molecule has 2 aromatic rings. The average molecular weight is 467 g/mol. The summed E-state index contributed by atoms with van der Waals surface area (Å²) in [6.45, 7) is 10.5. The van der Waals surface area contributed by atoms with Crippen LogP contribution in [0.15, 0.2) is 29.6 Å². The zero-order valence-corrected chi connectivity index (χ0v) is 19.5. The van der Waals surface area contributed by atoms with Crippen molar-refractivity contribution in [1.82, 2.24) is 24.4 Å². The predicted molar refractivity (Wildman–Crippen MR) is 126 cm³/mol. The van der Waals surface area contributed by atoms with Crippen molar-refractivity contribution in [3.63, 3.8) is 0 Å². The third-order valence-electron chi connectivity index (χ3n) is 6.33. The normalized spacial score (nSPS) is 17.9. The van der Waals surface area contributed by atoms with Crippen molar-refractivity contribution in [3.05, 3.63) is 57.9 Å². The number of hydrogen-bond donors (Lipinski definition) is 0. The highest BCUT2D eigenvalue weighted by Gasteiger charge is 2.33. The highest BCUT2D eigenvalue weighted by atomic mass is 19.1. The number of hydrogen-bond acceptors (Lipinski definition) is 7. The van der Waals surface area contributed by atoms with Crippen LogP contribution in [0.25, 0.3) is 11.8 Å². The number of rotatable bonds is 5. The van der Waals surface area contributed by atoms with Crippen molar-refractivity contribution in [3.8, 4) is 5.69 Å². The average Bonchev–Trinajstić information content (AvgIpc) is 2.84. The molecule has 0 saturated carbocycles. The van der Waals surface area contributed by atoms with E-state index in [-0.39, 0.29) is 18.4 Å². The maximum Gasteiger partial charge on any atom is 0.354 e. The van der Waals surface area contributed by atoms with Crippen molar-refractivity contribution in [2.45, 2.75) is 46.1 Å². The molecular formula is C24H27FN6O3. The lowest BCUT2D eigenvalue weighted by molar-refractivity contribution is -0.126. The zero-order chi connectivity index (χ0) is 24.6. The molecule has 9 nitrogen and oxygen atoms in total. The molecule has 1 aliphatic heterocycles. The van der Waals surface area contributed by atoms with E-state index >= 15 is 0 Å². The number of aromatic nitrogens is 4.